The summed E-state index contributed by atoms with van der Waals surface area (Å²) in [6.07, 6.45) is 4.78. The number of hydrogen-bond donors (Lipinski definition) is 0. The molecule has 2 fully saturated rings. The van der Waals surface area contributed by atoms with Crippen molar-refractivity contribution in [1.82, 2.24) is 14.8 Å². The van der Waals surface area contributed by atoms with Gasteiger partial charge in [-0.3, -0.25) is 4.79 Å². The van der Waals surface area contributed by atoms with Crippen LogP contribution in [0.3, 0.4) is 0 Å². The van der Waals surface area contributed by atoms with Crippen LogP contribution in [0.1, 0.15) is 38.7 Å². The molecule has 3 heterocycles. The van der Waals surface area contributed by atoms with Crippen molar-refractivity contribution in [2.75, 3.05) is 32.8 Å². The summed E-state index contributed by atoms with van der Waals surface area (Å²) < 4.78 is 5.80. The number of amides is 1. The molecule has 1 atom stereocenters. The molecule has 0 aromatic carbocycles. The molecule has 0 bridgehead atoms. The van der Waals surface area contributed by atoms with Gasteiger partial charge in [0, 0.05) is 43.7 Å². The van der Waals surface area contributed by atoms with E-state index >= 15 is 0 Å². The minimum Gasteiger partial charge on any atom is -0.477 e. The maximum atomic E-state index is 12.3. The van der Waals surface area contributed by atoms with Crippen LogP contribution in [-0.4, -0.2) is 59.5 Å². The zero-order chi connectivity index (χ0) is 17.8. The van der Waals surface area contributed by atoms with Gasteiger partial charge in [-0.15, -0.1) is 0 Å². The van der Waals surface area contributed by atoms with Crippen molar-refractivity contribution < 1.29 is 9.53 Å². The standard InChI is InChI=1S/C20H31N3O2/c1-15(2)22-8-5-17(6-9-22)12-23-13-18(11-20(23)24)14-25-19-10-16(3)4-7-21-19/h4,7,10,15,17-18H,5-6,8-9,11-14H2,1-3H3. The number of pyridine rings is 1. The second kappa shape index (κ2) is 8.17. The number of piperidine rings is 1. The Balaban J connectivity index is 1.43. The van der Waals surface area contributed by atoms with Crippen LogP contribution in [0.4, 0.5) is 0 Å². The number of nitrogens with zero attached hydrogens (tertiary/aromatic N) is 3. The molecule has 0 radical (unpaired) electrons. The van der Waals surface area contributed by atoms with E-state index in [4.69, 9.17) is 4.74 Å². The van der Waals surface area contributed by atoms with Gasteiger partial charge in [-0.05, 0) is 64.3 Å². The first-order chi connectivity index (χ1) is 12.0. The molecule has 2 saturated heterocycles. The molecular weight excluding hydrogens is 314 g/mol. The lowest BCUT2D eigenvalue weighted by molar-refractivity contribution is -0.128. The maximum absolute atomic E-state index is 12.3. The summed E-state index contributed by atoms with van der Waals surface area (Å²) in [5.74, 6) is 1.88. The number of aryl methyl sites for hydroxylation is 1. The molecule has 5 nitrogen and oxygen atoms in total. The molecule has 0 N–H and O–H groups in total. The lowest BCUT2D eigenvalue weighted by Gasteiger charge is -2.36. The first kappa shape index (κ1) is 18.2. The van der Waals surface area contributed by atoms with Crippen LogP contribution in [0.25, 0.3) is 0 Å². The zero-order valence-electron chi connectivity index (χ0n) is 15.8. The summed E-state index contributed by atoms with van der Waals surface area (Å²) in [7, 11) is 0. The number of ether oxygens (including phenoxy) is 1. The summed E-state index contributed by atoms with van der Waals surface area (Å²) in [4.78, 5) is 21.2. The molecule has 0 aliphatic carbocycles. The first-order valence-electron chi connectivity index (χ1n) is 9.58. The number of rotatable bonds is 6. The molecule has 25 heavy (non-hydrogen) atoms. The fraction of sp³-hybridized carbons (Fsp3) is 0.700. The highest BCUT2D eigenvalue weighted by molar-refractivity contribution is 5.78. The Morgan fingerprint density at radius 3 is 2.72 bits per heavy atom. The Kier molecular flexibility index (Phi) is 5.94. The van der Waals surface area contributed by atoms with Crippen molar-refractivity contribution in [3.63, 3.8) is 0 Å². The quantitative estimate of drug-likeness (QED) is 0.795. The predicted octanol–water partition coefficient (Wildman–Crippen LogP) is 2.74. The molecule has 3 rings (SSSR count). The highest BCUT2D eigenvalue weighted by atomic mass is 16.5. The predicted molar refractivity (Wildman–Crippen MR) is 98.6 cm³/mol. The van der Waals surface area contributed by atoms with Gasteiger partial charge in [0.15, 0.2) is 0 Å². The largest absolute Gasteiger partial charge is 0.477 e. The van der Waals surface area contributed by atoms with Crippen LogP contribution in [0, 0.1) is 18.8 Å². The number of likely N-dealkylation sites (tertiary alicyclic amines) is 2. The monoisotopic (exact) mass is 345 g/mol. The van der Waals surface area contributed by atoms with E-state index in [0.29, 0.717) is 30.9 Å². The van der Waals surface area contributed by atoms with E-state index in [1.165, 1.54) is 12.8 Å². The molecule has 1 aromatic rings. The smallest absolute Gasteiger partial charge is 0.223 e. The Morgan fingerprint density at radius 2 is 2.04 bits per heavy atom. The fourth-order valence-corrected chi connectivity index (χ4v) is 3.90. The van der Waals surface area contributed by atoms with E-state index in [1.807, 2.05) is 19.1 Å². The molecule has 2 aliphatic heterocycles. The van der Waals surface area contributed by atoms with E-state index in [-0.39, 0.29) is 11.8 Å². The van der Waals surface area contributed by atoms with Crippen molar-refractivity contribution >= 4 is 5.91 Å². The van der Waals surface area contributed by atoms with Gasteiger partial charge in [0.2, 0.25) is 11.8 Å². The van der Waals surface area contributed by atoms with Crippen molar-refractivity contribution in [3.05, 3.63) is 23.9 Å². The molecular formula is C20H31N3O2. The summed E-state index contributed by atoms with van der Waals surface area (Å²) in [5.41, 5.74) is 1.14. The van der Waals surface area contributed by atoms with E-state index in [2.05, 4.69) is 28.6 Å². The maximum Gasteiger partial charge on any atom is 0.223 e. The van der Waals surface area contributed by atoms with Crippen molar-refractivity contribution in [1.29, 1.82) is 0 Å². The molecule has 0 saturated carbocycles. The number of hydrogen-bond acceptors (Lipinski definition) is 4. The minimum absolute atomic E-state index is 0.283. The third-order valence-corrected chi connectivity index (χ3v) is 5.51. The molecule has 0 spiro atoms. The Bertz CT molecular complexity index is 582. The van der Waals surface area contributed by atoms with Gasteiger partial charge in [-0.1, -0.05) is 0 Å². The van der Waals surface area contributed by atoms with Gasteiger partial charge < -0.3 is 14.5 Å². The van der Waals surface area contributed by atoms with E-state index in [0.717, 1.165) is 31.7 Å². The summed E-state index contributed by atoms with van der Waals surface area (Å²) in [5, 5.41) is 0. The third kappa shape index (κ3) is 4.94. The van der Waals surface area contributed by atoms with Gasteiger partial charge in [-0.2, -0.15) is 0 Å². The molecule has 2 aliphatic rings. The first-order valence-corrected chi connectivity index (χ1v) is 9.58. The molecule has 5 heteroatoms. The lowest BCUT2D eigenvalue weighted by atomic mass is 9.95. The SMILES string of the molecule is Cc1ccnc(OCC2CC(=O)N(CC3CCN(C(C)C)CC3)C2)c1. The lowest BCUT2D eigenvalue weighted by Crippen LogP contribution is -2.42. The zero-order valence-corrected chi connectivity index (χ0v) is 15.8. The number of carbonyl (C=O) groups excluding carboxylic acids is 1. The Hall–Kier alpha value is -1.62. The highest BCUT2D eigenvalue weighted by Gasteiger charge is 2.32. The van der Waals surface area contributed by atoms with E-state index in [1.54, 1.807) is 6.20 Å². The third-order valence-electron chi connectivity index (χ3n) is 5.51. The summed E-state index contributed by atoms with van der Waals surface area (Å²) in [6, 6.07) is 4.53. The van der Waals surface area contributed by atoms with Crippen LogP contribution in [0.2, 0.25) is 0 Å². The van der Waals surface area contributed by atoms with Gasteiger partial charge in [0.25, 0.3) is 0 Å². The molecule has 1 unspecified atom stereocenters. The number of carbonyl (C=O) groups is 1. The second-order valence-electron chi connectivity index (χ2n) is 7.92. The average Bonchev–Trinajstić information content (AvgIpc) is 2.93. The van der Waals surface area contributed by atoms with Crippen LogP contribution in [0.15, 0.2) is 18.3 Å². The highest BCUT2D eigenvalue weighted by Crippen LogP contribution is 2.25. The molecule has 138 valence electrons. The van der Waals surface area contributed by atoms with Crippen LogP contribution < -0.4 is 4.74 Å². The molecule has 1 amide bonds. The van der Waals surface area contributed by atoms with Gasteiger partial charge >= 0.3 is 0 Å². The van der Waals surface area contributed by atoms with Gasteiger partial charge in [0.1, 0.15) is 0 Å². The van der Waals surface area contributed by atoms with Crippen LogP contribution in [-0.2, 0) is 4.79 Å². The Labute approximate surface area is 151 Å². The molecule has 1 aromatic heterocycles. The summed E-state index contributed by atoms with van der Waals surface area (Å²) >= 11 is 0. The van der Waals surface area contributed by atoms with Crippen molar-refractivity contribution in [2.45, 2.75) is 46.1 Å². The van der Waals surface area contributed by atoms with E-state index < -0.39 is 0 Å². The number of aromatic nitrogens is 1. The average molecular weight is 345 g/mol. The van der Waals surface area contributed by atoms with Crippen molar-refractivity contribution in [3.8, 4) is 5.88 Å². The van der Waals surface area contributed by atoms with Crippen molar-refractivity contribution in [2.24, 2.45) is 11.8 Å². The fourth-order valence-electron chi connectivity index (χ4n) is 3.90. The normalized spacial score (nSPS) is 22.8. The Morgan fingerprint density at radius 1 is 1.28 bits per heavy atom. The summed E-state index contributed by atoms with van der Waals surface area (Å²) in [6.45, 7) is 11.2. The topological polar surface area (TPSA) is 45.7 Å². The van der Waals surface area contributed by atoms with E-state index in [9.17, 15) is 4.79 Å². The van der Waals surface area contributed by atoms with Gasteiger partial charge in [-0.25, -0.2) is 4.98 Å². The minimum atomic E-state index is 0.283. The second-order valence-corrected chi connectivity index (χ2v) is 7.92. The van der Waals surface area contributed by atoms with Gasteiger partial charge in [0.05, 0.1) is 6.61 Å². The van der Waals surface area contributed by atoms with Crippen LogP contribution >= 0.6 is 0 Å². The van der Waals surface area contributed by atoms with Crippen LogP contribution in [0.5, 0.6) is 5.88 Å².